The van der Waals surface area contributed by atoms with Crippen molar-refractivity contribution in [1.29, 1.82) is 0 Å². The zero-order valence-corrected chi connectivity index (χ0v) is 22.5. The fourth-order valence-corrected chi connectivity index (χ4v) is 4.80. The summed E-state index contributed by atoms with van der Waals surface area (Å²) >= 11 is 5.99. The van der Waals surface area contributed by atoms with Crippen LogP contribution in [0.3, 0.4) is 0 Å². The molecule has 1 aromatic heterocycles. The highest BCUT2D eigenvalue weighted by atomic mass is 35.5. The zero-order valence-electron chi connectivity index (χ0n) is 21.8. The van der Waals surface area contributed by atoms with Crippen molar-refractivity contribution in [3.8, 4) is 0 Å². The lowest BCUT2D eigenvalue weighted by atomic mass is 9.90. The number of anilines is 2. The summed E-state index contributed by atoms with van der Waals surface area (Å²) in [7, 11) is 1.88. The van der Waals surface area contributed by atoms with Gasteiger partial charge in [0.05, 0.1) is 11.9 Å². The first-order chi connectivity index (χ1) is 19.3. The van der Waals surface area contributed by atoms with Crippen LogP contribution in [0.5, 0.6) is 0 Å². The van der Waals surface area contributed by atoms with Gasteiger partial charge in [-0.2, -0.15) is 0 Å². The molecule has 1 aliphatic heterocycles. The number of hydrogen-bond acceptors (Lipinski definition) is 7. The summed E-state index contributed by atoms with van der Waals surface area (Å²) in [5, 5.41) is 11.5. The monoisotopic (exact) mass is 554 g/mol. The van der Waals surface area contributed by atoms with Gasteiger partial charge < -0.3 is 14.7 Å². The molecule has 202 valence electrons. The van der Waals surface area contributed by atoms with Crippen molar-refractivity contribution >= 4 is 40.3 Å². The van der Waals surface area contributed by atoms with Gasteiger partial charge in [0.15, 0.2) is 11.6 Å². The number of nitrogens with zero attached hydrogens (tertiary/aromatic N) is 2. The Morgan fingerprint density at radius 1 is 0.950 bits per heavy atom. The fraction of sp³-hybridized carbons (Fsp3) is 0.188. The third-order valence-electron chi connectivity index (χ3n) is 6.98. The maximum Gasteiger partial charge on any atom is 0.211 e. The smallest absolute Gasteiger partial charge is 0.211 e. The van der Waals surface area contributed by atoms with Gasteiger partial charge >= 0.3 is 0 Å². The molecule has 0 spiro atoms. The molecular weight excluding hydrogens is 528 g/mol. The van der Waals surface area contributed by atoms with Crippen molar-refractivity contribution in [2.45, 2.75) is 25.0 Å². The SMILES string of the molecule is CN(c1ccc(Cl)cc1)c1ccc(C(=O)c2ccc(C(=O)C3CCCO3)c(C(=O)C(O)c3ccccc3)c2)nc1. The van der Waals surface area contributed by atoms with E-state index in [0.29, 0.717) is 23.6 Å². The van der Waals surface area contributed by atoms with E-state index in [-0.39, 0.29) is 28.2 Å². The minimum absolute atomic E-state index is 0.0261. The number of hydrogen-bond donors (Lipinski definition) is 1. The topological polar surface area (TPSA) is 96.8 Å². The first-order valence-corrected chi connectivity index (χ1v) is 13.3. The first kappa shape index (κ1) is 27.4. The van der Waals surface area contributed by atoms with E-state index in [0.717, 1.165) is 17.8 Å². The summed E-state index contributed by atoms with van der Waals surface area (Å²) in [6.07, 6.45) is 0.729. The average Bonchev–Trinajstić information content (AvgIpc) is 3.55. The summed E-state index contributed by atoms with van der Waals surface area (Å²) in [5.41, 5.74) is 2.50. The predicted octanol–water partition coefficient (Wildman–Crippen LogP) is 6.01. The number of carbonyl (C=O) groups is 3. The Morgan fingerprint density at radius 2 is 1.68 bits per heavy atom. The van der Waals surface area contributed by atoms with Crippen LogP contribution >= 0.6 is 11.6 Å². The van der Waals surface area contributed by atoms with E-state index in [1.807, 2.05) is 24.1 Å². The Labute approximate surface area is 237 Å². The Bertz CT molecular complexity index is 1530. The number of Topliss-reactive ketones (excluding diaryl/α,β-unsaturated/α-hetero) is 2. The molecule has 0 aliphatic carbocycles. The number of benzene rings is 3. The van der Waals surface area contributed by atoms with Gasteiger partial charge in [0.25, 0.3) is 0 Å². The molecule has 0 amide bonds. The molecule has 0 bridgehead atoms. The van der Waals surface area contributed by atoms with Crippen molar-refractivity contribution in [3.63, 3.8) is 0 Å². The van der Waals surface area contributed by atoms with Crippen LogP contribution in [0.25, 0.3) is 0 Å². The zero-order chi connectivity index (χ0) is 28.2. The number of aliphatic hydroxyl groups excluding tert-OH is 1. The van der Waals surface area contributed by atoms with E-state index in [1.165, 1.54) is 18.2 Å². The summed E-state index contributed by atoms with van der Waals surface area (Å²) < 4.78 is 5.55. The van der Waals surface area contributed by atoms with Crippen LogP contribution in [0, 0.1) is 0 Å². The Morgan fingerprint density at radius 3 is 2.33 bits per heavy atom. The molecular formula is C32H27ClN2O5. The highest BCUT2D eigenvalue weighted by molar-refractivity contribution is 6.30. The molecule has 1 saturated heterocycles. The number of halogens is 1. The quantitative estimate of drug-likeness (QED) is 0.253. The molecule has 5 rings (SSSR count). The van der Waals surface area contributed by atoms with Crippen LogP contribution in [0.4, 0.5) is 11.4 Å². The lowest BCUT2D eigenvalue weighted by Crippen LogP contribution is -2.24. The van der Waals surface area contributed by atoms with Crippen LogP contribution in [0.15, 0.2) is 91.1 Å². The third-order valence-corrected chi connectivity index (χ3v) is 7.23. The normalized spacial score (nSPS) is 15.4. The maximum absolute atomic E-state index is 13.5. The Hall–Kier alpha value is -4.17. The standard InChI is InChI=1S/C32H27ClN2O5/c1-35(23-12-10-22(33)11-13-23)24-14-16-27(34-19-24)29(36)21-9-15-25(31(38)28-8-5-17-40-28)26(18-21)32(39)30(37)20-6-3-2-4-7-20/h2-4,6-7,9-16,18-19,28,30,37H,5,8,17H2,1H3. The molecule has 1 fully saturated rings. The summed E-state index contributed by atoms with van der Waals surface area (Å²) in [5.74, 6) is -1.43. The van der Waals surface area contributed by atoms with Crippen LogP contribution < -0.4 is 4.90 Å². The van der Waals surface area contributed by atoms with E-state index >= 15 is 0 Å². The minimum atomic E-state index is -1.50. The number of rotatable bonds is 9. The number of ether oxygens (including phenoxy) is 1. The molecule has 1 aliphatic rings. The van der Waals surface area contributed by atoms with E-state index in [9.17, 15) is 19.5 Å². The van der Waals surface area contributed by atoms with Gasteiger partial charge in [-0.1, -0.05) is 48.0 Å². The highest BCUT2D eigenvalue weighted by Gasteiger charge is 2.31. The van der Waals surface area contributed by atoms with Crippen molar-refractivity contribution in [3.05, 3.63) is 124 Å². The third kappa shape index (κ3) is 5.72. The van der Waals surface area contributed by atoms with Crippen LogP contribution in [-0.4, -0.2) is 47.2 Å². The van der Waals surface area contributed by atoms with Gasteiger partial charge in [-0.3, -0.25) is 19.4 Å². The lowest BCUT2D eigenvalue weighted by molar-refractivity contribution is 0.0633. The van der Waals surface area contributed by atoms with Crippen molar-refractivity contribution in [2.24, 2.45) is 0 Å². The van der Waals surface area contributed by atoms with Crippen LogP contribution in [-0.2, 0) is 4.74 Å². The molecule has 2 atom stereocenters. The van der Waals surface area contributed by atoms with Crippen LogP contribution in [0.1, 0.15) is 61.3 Å². The van der Waals surface area contributed by atoms with Gasteiger partial charge in [-0.25, -0.2) is 0 Å². The Kier molecular flexibility index (Phi) is 8.16. The molecule has 4 aromatic rings. The highest BCUT2D eigenvalue weighted by Crippen LogP contribution is 2.28. The average molecular weight is 555 g/mol. The molecule has 40 heavy (non-hydrogen) atoms. The fourth-order valence-electron chi connectivity index (χ4n) is 4.68. The summed E-state index contributed by atoms with van der Waals surface area (Å²) in [4.78, 5) is 46.4. The molecule has 8 heteroatoms. The second-order valence-corrected chi connectivity index (χ2v) is 10.0. The molecule has 2 unspecified atom stereocenters. The molecule has 7 nitrogen and oxygen atoms in total. The van der Waals surface area contributed by atoms with E-state index in [2.05, 4.69) is 4.98 Å². The van der Waals surface area contributed by atoms with Gasteiger partial charge in [-0.15, -0.1) is 0 Å². The van der Waals surface area contributed by atoms with Gasteiger partial charge in [0.1, 0.15) is 17.9 Å². The van der Waals surface area contributed by atoms with E-state index < -0.39 is 23.8 Å². The molecule has 0 radical (unpaired) electrons. The first-order valence-electron chi connectivity index (χ1n) is 12.9. The maximum atomic E-state index is 13.5. The molecule has 0 saturated carbocycles. The Balaban J connectivity index is 1.45. The van der Waals surface area contributed by atoms with Crippen molar-refractivity contribution < 1.29 is 24.2 Å². The second kappa shape index (κ2) is 11.9. The van der Waals surface area contributed by atoms with Gasteiger partial charge in [0, 0.05) is 41.1 Å². The molecule has 1 N–H and O–H groups in total. The van der Waals surface area contributed by atoms with Crippen LogP contribution in [0.2, 0.25) is 5.02 Å². The van der Waals surface area contributed by atoms with E-state index in [4.69, 9.17) is 16.3 Å². The lowest BCUT2D eigenvalue weighted by Gasteiger charge is -2.19. The largest absolute Gasteiger partial charge is 0.380 e. The molecule has 3 aromatic carbocycles. The predicted molar refractivity (Wildman–Crippen MR) is 153 cm³/mol. The van der Waals surface area contributed by atoms with Gasteiger partial charge in [-0.05, 0) is 66.9 Å². The number of pyridine rings is 1. The van der Waals surface area contributed by atoms with Gasteiger partial charge in [0.2, 0.25) is 5.78 Å². The number of aliphatic hydroxyl groups is 1. The molecule has 2 heterocycles. The number of ketones is 3. The number of carbonyl (C=O) groups excluding carboxylic acids is 3. The van der Waals surface area contributed by atoms with Crippen molar-refractivity contribution in [2.75, 3.05) is 18.6 Å². The second-order valence-electron chi connectivity index (χ2n) is 9.57. The summed E-state index contributed by atoms with van der Waals surface area (Å²) in [6.45, 7) is 0.470. The minimum Gasteiger partial charge on any atom is -0.380 e. The van der Waals surface area contributed by atoms with E-state index in [1.54, 1.807) is 60.8 Å². The number of aromatic nitrogens is 1. The summed E-state index contributed by atoms with van der Waals surface area (Å²) in [6, 6.07) is 23.5. The van der Waals surface area contributed by atoms with Crippen molar-refractivity contribution in [1.82, 2.24) is 4.98 Å².